The van der Waals surface area contributed by atoms with Gasteiger partial charge >= 0.3 is 0 Å². The van der Waals surface area contributed by atoms with E-state index in [4.69, 9.17) is 4.74 Å². The first kappa shape index (κ1) is 23.4. The fraction of sp³-hybridized carbons (Fsp3) is 0.500. The first-order valence-electron chi connectivity index (χ1n) is 9.20. The smallest absolute Gasteiger partial charge is 0.254 e. The van der Waals surface area contributed by atoms with Gasteiger partial charge < -0.3 is 20.3 Å². The van der Waals surface area contributed by atoms with E-state index in [0.29, 0.717) is 31.7 Å². The zero-order chi connectivity index (χ0) is 18.9. The highest BCUT2D eigenvalue weighted by molar-refractivity contribution is 14.0. The Balaban J connectivity index is 0.00000364. The Kier molecular flexibility index (Phi) is 10.4. The van der Waals surface area contributed by atoms with Crippen molar-refractivity contribution in [1.82, 2.24) is 15.5 Å². The summed E-state index contributed by atoms with van der Waals surface area (Å²) in [5, 5.41) is 6.36. The summed E-state index contributed by atoms with van der Waals surface area (Å²) in [4.78, 5) is 19.1. The third-order valence-electron chi connectivity index (χ3n) is 4.09. The molecule has 2 N–H and O–H groups in total. The van der Waals surface area contributed by atoms with Crippen molar-refractivity contribution in [3.8, 4) is 0 Å². The van der Waals surface area contributed by atoms with E-state index in [1.54, 1.807) is 6.08 Å². The van der Waals surface area contributed by atoms with Gasteiger partial charge in [0.2, 0.25) is 0 Å². The van der Waals surface area contributed by atoms with E-state index in [9.17, 15) is 4.79 Å². The van der Waals surface area contributed by atoms with Gasteiger partial charge in [-0.25, -0.2) is 4.99 Å². The largest absolute Gasteiger partial charge is 0.372 e. The lowest BCUT2D eigenvalue weighted by Gasteiger charge is -2.35. The maximum atomic E-state index is 12.7. The molecular formula is C20H31IN4O2. The van der Waals surface area contributed by atoms with Crippen LogP contribution < -0.4 is 10.6 Å². The van der Waals surface area contributed by atoms with Crippen LogP contribution in [-0.2, 0) is 11.3 Å². The van der Waals surface area contributed by atoms with Crippen molar-refractivity contribution >= 4 is 35.8 Å². The monoisotopic (exact) mass is 486 g/mol. The molecule has 0 saturated carbocycles. The van der Waals surface area contributed by atoms with Gasteiger partial charge in [-0.05, 0) is 38.5 Å². The number of hydrogen-bond acceptors (Lipinski definition) is 3. The molecule has 0 bridgehead atoms. The Labute approximate surface area is 179 Å². The minimum Gasteiger partial charge on any atom is -0.372 e. The maximum Gasteiger partial charge on any atom is 0.254 e. The Hall–Kier alpha value is -1.61. The van der Waals surface area contributed by atoms with Gasteiger partial charge in [0, 0.05) is 31.7 Å². The second kappa shape index (κ2) is 12.0. The minimum absolute atomic E-state index is 0. The summed E-state index contributed by atoms with van der Waals surface area (Å²) in [5.41, 5.74) is 1.76. The van der Waals surface area contributed by atoms with Crippen molar-refractivity contribution < 1.29 is 9.53 Å². The van der Waals surface area contributed by atoms with Gasteiger partial charge in [0.1, 0.15) is 0 Å². The summed E-state index contributed by atoms with van der Waals surface area (Å²) in [6.45, 7) is 13.0. The van der Waals surface area contributed by atoms with Gasteiger partial charge in [-0.15, -0.1) is 30.6 Å². The Morgan fingerprint density at radius 1 is 1.26 bits per heavy atom. The first-order valence-corrected chi connectivity index (χ1v) is 9.20. The molecule has 1 aromatic rings. The predicted octanol–water partition coefficient (Wildman–Crippen LogP) is 2.80. The quantitative estimate of drug-likeness (QED) is 0.281. The lowest BCUT2D eigenvalue weighted by Crippen LogP contribution is -2.48. The van der Waals surface area contributed by atoms with Crippen molar-refractivity contribution in [2.45, 2.75) is 39.5 Å². The highest BCUT2D eigenvalue weighted by atomic mass is 127. The van der Waals surface area contributed by atoms with Gasteiger partial charge in [0.25, 0.3) is 5.91 Å². The van der Waals surface area contributed by atoms with Gasteiger partial charge in [-0.3, -0.25) is 4.79 Å². The number of halogens is 1. The van der Waals surface area contributed by atoms with Gasteiger partial charge in [0.05, 0.1) is 18.8 Å². The van der Waals surface area contributed by atoms with E-state index in [0.717, 1.165) is 18.1 Å². The number of guanidine groups is 1. The zero-order valence-electron chi connectivity index (χ0n) is 16.4. The van der Waals surface area contributed by atoms with Crippen LogP contribution >= 0.6 is 24.0 Å². The molecule has 1 fully saturated rings. The second-order valence-electron chi connectivity index (χ2n) is 6.53. The number of hydrogen-bond donors (Lipinski definition) is 2. The highest BCUT2D eigenvalue weighted by Crippen LogP contribution is 2.15. The number of amides is 1. The topological polar surface area (TPSA) is 66.0 Å². The molecule has 1 heterocycles. The van der Waals surface area contributed by atoms with E-state index < -0.39 is 0 Å². The summed E-state index contributed by atoms with van der Waals surface area (Å²) in [6.07, 6.45) is 1.94. The number of benzene rings is 1. The maximum absolute atomic E-state index is 12.7. The summed E-state index contributed by atoms with van der Waals surface area (Å²) in [6, 6.07) is 7.67. The lowest BCUT2D eigenvalue weighted by atomic mass is 10.1. The number of carbonyl (C=O) groups excluding carboxylic acids is 1. The van der Waals surface area contributed by atoms with Crippen LogP contribution in [0.3, 0.4) is 0 Å². The molecule has 2 unspecified atom stereocenters. The van der Waals surface area contributed by atoms with Crippen LogP contribution in [0.5, 0.6) is 0 Å². The lowest BCUT2D eigenvalue weighted by molar-refractivity contribution is -0.0586. The highest BCUT2D eigenvalue weighted by Gasteiger charge is 2.26. The molecule has 27 heavy (non-hydrogen) atoms. The number of ether oxygens (including phenoxy) is 1. The normalized spacial score (nSPS) is 19.8. The van der Waals surface area contributed by atoms with Crippen molar-refractivity contribution in [3.05, 3.63) is 48.0 Å². The van der Waals surface area contributed by atoms with Crippen LogP contribution in [0.15, 0.2) is 41.9 Å². The zero-order valence-corrected chi connectivity index (χ0v) is 18.7. The summed E-state index contributed by atoms with van der Waals surface area (Å²) >= 11 is 0. The molecule has 1 aliphatic rings. The molecule has 1 aromatic carbocycles. The average molecular weight is 486 g/mol. The van der Waals surface area contributed by atoms with Crippen molar-refractivity contribution in [2.24, 2.45) is 4.99 Å². The Morgan fingerprint density at radius 2 is 1.89 bits per heavy atom. The fourth-order valence-corrected chi connectivity index (χ4v) is 2.96. The summed E-state index contributed by atoms with van der Waals surface area (Å²) in [5.74, 6) is 0.812. The predicted molar refractivity (Wildman–Crippen MR) is 121 cm³/mol. The number of morpholine rings is 1. The van der Waals surface area contributed by atoms with E-state index in [2.05, 4.69) is 22.2 Å². The standard InChI is InChI=1S/C20H30N4O2.HI/c1-5-11-22-20(21-6-2)23-12-17-7-9-18(10-8-17)19(25)24-13-15(3)26-16(4)14-24;/h5,7-10,15-16H,1,6,11-14H2,2-4H3,(H2,21,22,23);1H. The average Bonchev–Trinajstić information content (AvgIpc) is 2.63. The molecule has 6 nitrogen and oxygen atoms in total. The molecule has 1 amide bonds. The van der Waals surface area contributed by atoms with Crippen molar-refractivity contribution in [2.75, 3.05) is 26.2 Å². The molecule has 0 aromatic heterocycles. The molecule has 1 aliphatic heterocycles. The number of aliphatic imine (C=N–C) groups is 1. The van der Waals surface area contributed by atoms with E-state index in [1.165, 1.54) is 0 Å². The number of carbonyl (C=O) groups is 1. The number of nitrogens with zero attached hydrogens (tertiary/aromatic N) is 2. The molecule has 2 atom stereocenters. The minimum atomic E-state index is 0. The van der Waals surface area contributed by atoms with Crippen LogP contribution in [0, 0.1) is 0 Å². The molecule has 1 saturated heterocycles. The van der Waals surface area contributed by atoms with Crippen LogP contribution in [-0.4, -0.2) is 55.2 Å². The van der Waals surface area contributed by atoms with Crippen LogP contribution in [0.2, 0.25) is 0 Å². The Bertz CT molecular complexity index is 623. The number of rotatable bonds is 6. The third kappa shape index (κ3) is 7.50. The second-order valence-corrected chi connectivity index (χ2v) is 6.53. The van der Waals surface area contributed by atoms with Crippen molar-refractivity contribution in [1.29, 1.82) is 0 Å². The molecule has 0 aliphatic carbocycles. The number of nitrogens with one attached hydrogen (secondary N) is 2. The molecule has 2 rings (SSSR count). The van der Waals surface area contributed by atoms with Crippen LogP contribution in [0.1, 0.15) is 36.7 Å². The first-order chi connectivity index (χ1) is 12.5. The van der Waals surface area contributed by atoms with Crippen molar-refractivity contribution in [3.63, 3.8) is 0 Å². The van der Waals surface area contributed by atoms with Gasteiger partial charge in [-0.1, -0.05) is 18.2 Å². The fourth-order valence-electron chi connectivity index (χ4n) is 2.96. The molecule has 0 spiro atoms. The van der Waals surface area contributed by atoms with Crippen LogP contribution in [0.4, 0.5) is 0 Å². The summed E-state index contributed by atoms with van der Waals surface area (Å²) < 4.78 is 5.70. The van der Waals surface area contributed by atoms with E-state index >= 15 is 0 Å². The van der Waals surface area contributed by atoms with Crippen LogP contribution in [0.25, 0.3) is 0 Å². The van der Waals surface area contributed by atoms with E-state index in [1.807, 2.05) is 49.9 Å². The Morgan fingerprint density at radius 3 is 2.44 bits per heavy atom. The summed E-state index contributed by atoms with van der Waals surface area (Å²) in [7, 11) is 0. The van der Waals surface area contributed by atoms with E-state index in [-0.39, 0.29) is 42.1 Å². The SMILES string of the molecule is C=CCNC(=NCc1ccc(C(=O)N2CC(C)OC(C)C2)cc1)NCC.I. The van der Waals surface area contributed by atoms with Gasteiger partial charge in [-0.2, -0.15) is 0 Å². The molecule has 0 radical (unpaired) electrons. The van der Waals surface area contributed by atoms with Gasteiger partial charge in [0.15, 0.2) is 5.96 Å². The molecule has 150 valence electrons. The molecular weight excluding hydrogens is 455 g/mol. The molecule has 7 heteroatoms. The third-order valence-corrected chi connectivity index (χ3v) is 4.09.